The van der Waals surface area contributed by atoms with Crippen LogP contribution in [0.25, 0.3) is 0 Å². The normalized spacial score (nSPS) is 22.6. The first-order chi connectivity index (χ1) is 7.38. The summed E-state index contributed by atoms with van der Waals surface area (Å²) in [5.74, 6) is -0.658. The highest BCUT2D eigenvalue weighted by Gasteiger charge is 2.54. The van der Waals surface area contributed by atoms with E-state index in [4.69, 9.17) is 5.11 Å². The second kappa shape index (κ2) is 3.47. The highest BCUT2D eigenvalue weighted by atomic mass is 16.4. The first-order valence-corrected chi connectivity index (χ1v) is 5.90. The Bertz CT molecular complexity index is 327. The summed E-state index contributed by atoms with van der Waals surface area (Å²) in [6.07, 6.45) is 4.92. The summed E-state index contributed by atoms with van der Waals surface area (Å²) in [6, 6.07) is 0. The molecule has 0 spiro atoms. The summed E-state index contributed by atoms with van der Waals surface area (Å²) >= 11 is 0. The number of carbonyl (C=O) groups excluding carboxylic acids is 1. The predicted octanol–water partition coefficient (Wildman–Crippen LogP) is 1.40. The molecule has 0 aromatic rings. The number of carboxylic acids is 1. The minimum Gasteiger partial charge on any atom is -0.480 e. The van der Waals surface area contributed by atoms with Crippen LogP contribution in [0.5, 0.6) is 0 Å². The van der Waals surface area contributed by atoms with Crippen LogP contribution in [-0.2, 0) is 9.59 Å². The Balaban J connectivity index is 1.86. The molecule has 0 radical (unpaired) electrons. The molecule has 2 aliphatic carbocycles. The molecule has 0 unspecified atom stereocenters. The standard InChI is InChI=1S/C12H19NO3/c1-11(2,10(15)16)9(14)13-7-12(5-6-12)8-3-4-8/h8H,3-7H2,1-2H3,(H,13,14)(H,15,16). The lowest BCUT2D eigenvalue weighted by atomic mass is 9.92. The maximum absolute atomic E-state index is 11.7. The third kappa shape index (κ3) is 1.93. The van der Waals surface area contributed by atoms with Crippen molar-refractivity contribution in [1.82, 2.24) is 5.32 Å². The fraction of sp³-hybridized carbons (Fsp3) is 0.833. The molecular weight excluding hydrogens is 206 g/mol. The quantitative estimate of drug-likeness (QED) is 0.695. The average Bonchev–Trinajstić information content (AvgIpc) is 3.03. The van der Waals surface area contributed by atoms with Gasteiger partial charge in [-0.15, -0.1) is 0 Å². The van der Waals surface area contributed by atoms with Crippen molar-refractivity contribution < 1.29 is 14.7 Å². The molecule has 2 N–H and O–H groups in total. The summed E-state index contributed by atoms with van der Waals surface area (Å²) in [6.45, 7) is 3.55. The van der Waals surface area contributed by atoms with Crippen LogP contribution in [0.3, 0.4) is 0 Å². The van der Waals surface area contributed by atoms with Gasteiger partial charge in [-0.2, -0.15) is 0 Å². The Labute approximate surface area is 95.4 Å². The molecule has 2 fully saturated rings. The molecule has 0 aromatic carbocycles. The topological polar surface area (TPSA) is 66.4 Å². The predicted molar refractivity (Wildman–Crippen MR) is 58.8 cm³/mol. The number of nitrogens with one attached hydrogen (secondary N) is 1. The Morgan fingerprint density at radius 2 is 1.94 bits per heavy atom. The fourth-order valence-electron chi connectivity index (χ4n) is 2.16. The summed E-state index contributed by atoms with van der Waals surface area (Å²) < 4.78 is 0. The Kier molecular flexibility index (Phi) is 2.48. The van der Waals surface area contributed by atoms with Crippen LogP contribution in [0, 0.1) is 16.7 Å². The van der Waals surface area contributed by atoms with Crippen LogP contribution in [0.1, 0.15) is 39.5 Å². The van der Waals surface area contributed by atoms with Crippen molar-refractivity contribution >= 4 is 11.9 Å². The lowest BCUT2D eigenvalue weighted by molar-refractivity contribution is -0.153. The largest absolute Gasteiger partial charge is 0.480 e. The van der Waals surface area contributed by atoms with Crippen LogP contribution in [0.4, 0.5) is 0 Å². The highest BCUT2D eigenvalue weighted by Crippen LogP contribution is 2.60. The van der Waals surface area contributed by atoms with Crippen LogP contribution >= 0.6 is 0 Å². The van der Waals surface area contributed by atoms with Gasteiger partial charge in [0, 0.05) is 6.54 Å². The third-order valence-electron chi connectivity index (χ3n) is 4.04. The van der Waals surface area contributed by atoms with Gasteiger partial charge in [-0.05, 0) is 50.9 Å². The van der Waals surface area contributed by atoms with E-state index in [-0.39, 0.29) is 5.91 Å². The molecule has 0 heterocycles. The van der Waals surface area contributed by atoms with Gasteiger partial charge in [0.25, 0.3) is 0 Å². The molecule has 4 heteroatoms. The van der Waals surface area contributed by atoms with Crippen LogP contribution in [0.15, 0.2) is 0 Å². The van der Waals surface area contributed by atoms with Gasteiger partial charge < -0.3 is 10.4 Å². The van der Waals surface area contributed by atoms with Crippen LogP contribution < -0.4 is 5.32 Å². The van der Waals surface area contributed by atoms with Crippen molar-refractivity contribution in [2.75, 3.05) is 6.54 Å². The van der Waals surface area contributed by atoms with Crippen molar-refractivity contribution in [3.05, 3.63) is 0 Å². The number of aliphatic carboxylic acids is 1. The monoisotopic (exact) mass is 225 g/mol. The SMILES string of the molecule is CC(C)(C(=O)O)C(=O)NCC1(C2CC2)CC1. The van der Waals surface area contributed by atoms with Gasteiger partial charge in [0.15, 0.2) is 0 Å². The number of carboxylic acid groups (broad SMARTS) is 1. The van der Waals surface area contributed by atoms with Gasteiger partial charge in [0.05, 0.1) is 0 Å². The van der Waals surface area contributed by atoms with E-state index in [0.717, 1.165) is 5.92 Å². The van der Waals surface area contributed by atoms with E-state index < -0.39 is 11.4 Å². The van der Waals surface area contributed by atoms with Crippen LogP contribution in [-0.4, -0.2) is 23.5 Å². The zero-order valence-corrected chi connectivity index (χ0v) is 9.88. The van der Waals surface area contributed by atoms with E-state index in [1.165, 1.54) is 39.5 Å². The average molecular weight is 225 g/mol. The van der Waals surface area contributed by atoms with Crippen LogP contribution in [0.2, 0.25) is 0 Å². The van der Waals surface area contributed by atoms with Crippen molar-refractivity contribution in [2.24, 2.45) is 16.7 Å². The molecule has 2 rings (SSSR count). The summed E-state index contributed by atoms with van der Waals surface area (Å²) in [4.78, 5) is 22.6. The van der Waals surface area contributed by atoms with Crippen molar-refractivity contribution in [3.63, 3.8) is 0 Å². The molecular formula is C12H19NO3. The van der Waals surface area contributed by atoms with E-state index in [2.05, 4.69) is 5.32 Å². The molecule has 90 valence electrons. The van der Waals surface area contributed by atoms with E-state index in [9.17, 15) is 9.59 Å². The first-order valence-electron chi connectivity index (χ1n) is 5.90. The Hall–Kier alpha value is -1.06. The lowest BCUT2D eigenvalue weighted by Gasteiger charge is -2.21. The second-order valence-corrected chi connectivity index (χ2v) is 5.75. The molecule has 0 aromatic heterocycles. The van der Waals surface area contributed by atoms with Gasteiger partial charge in [-0.25, -0.2) is 0 Å². The third-order valence-corrected chi connectivity index (χ3v) is 4.04. The van der Waals surface area contributed by atoms with Gasteiger partial charge in [-0.1, -0.05) is 0 Å². The highest BCUT2D eigenvalue weighted by molar-refractivity contribution is 6.00. The van der Waals surface area contributed by atoms with E-state index >= 15 is 0 Å². The van der Waals surface area contributed by atoms with Crippen molar-refractivity contribution in [2.45, 2.75) is 39.5 Å². The zero-order valence-electron chi connectivity index (χ0n) is 9.88. The molecule has 0 bridgehead atoms. The van der Waals surface area contributed by atoms with E-state index in [0.29, 0.717) is 12.0 Å². The number of amides is 1. The lowest BCUT2D eigenvalue weighted by Crippen LogP contribution is -2.44. The van der Waals surface area contributed by atoms with Gasteiger partial charge >= 0.3 is 5.97 Å². The first kappa shape index (κ1) is 11.4. The maximum atomic E-state index is 11.7. The summed E-state index contributed by atoms with van der Waals surface area (Å²) in [5, 5.41) is 11.7. The van der Waals surface area contributed by atoms with E-state index in [1.54, 1.807) is 0 Å². The number of hydrogen-bond acceptors (Lipinski definition) is 2. The summed E-state index contributed by atoms with van der Waals surface area (Å²) in [7, 11) is 0. The molecule has 2 aliphatic rings. The molecule has 16 heavy (non-hydrogen) atoms. The van der Waals surface area contributed by atoms with Crippen molar-refractivity contribution in [3.8, 4) is 0 Å². The molecule has 0 saturated heterocycles. The molecule has 4 nitrogen and oxygen atoms in total. The smallest absolute Gasteiger partial charge is 0.318 e. The van der Waals surface area contributed by atoms with E-state index in [1.807, 2.05) is 0 Å². The molecule has 0 atom stereocenters. The molecule has 1 amide bonds. The Morgan fingerprint density at radius 3 is 2.31 bits per heavy atom. The maximum Gasteiger partial charge on any atom is 0.318 e. The second-order valence-electron chi connectivity index (χ2n) is 5.75. The minimum absolute atomic E-state index is 0.324. The van der Waals surface area contributed by atoms with Gasteiger partial charge in [0.2, 0.25) is 5.91 Å². The number of carbonyl (C=O) groups is 2. The Morgan fingerprint density at radius 1 is 1.38 bits per heavy atom. The summed E-state index contributed by atoms with van der Waals surface area (Å²) in [5.41, 5.74) is -0.996. The fourth-order valence-corrected chi connectivity index (χ4v) is 2.16. The zero-order chi connectivity index (χ0) is 12.0. The van der Waals surface area contributed by atoms with Crippen molar-refractivity contribution in [1.29, 1.82) is 0 Å². The number of hydrogen-bond donors (Lipinski definition) is 2. The number of rotatable bonds is 5. The minimum atomic E-state index is -1.32. The van der Waals surface area contributed by atoms with Gasteiger partial charge in [-0.3, -0.25) is 9.59 Å². The molecule has 2 saturated carbocycles. The van der Waals surface area contributed by atoms with Gasteiger partial charge in [0.1, 0.15) is 5.41 Å². The molecule has 0 aliphatic heterocycles.